The first-order valence-electron chi connectivity index (χ1n) is 17.8. The molecular weight excluding hydrogens is 608 g/mol. The number of carbonyl (C=O) groups excluding carboxylic acids is 6. The van der Waals surface area contributed by atoms with E-state index in [9.17, 15) is 28.8 Å². The Balaban J connectivity index is 1.82. The minimum atomic E-state index is -0.941. The standard InChI is InChI=1S/C38H58N4O6/c1-9-11-16-25(33(46)28(43)19-12-10-2)22-29(44)32-27-18-15-17-26(27)23-42(32)35(47)34(38(6,7)8)40-36(48)39-30(37(3,4)5)24-41-21-14-13-20-31(41)45/h1,10,25-27,30,32,34H,2,11-24H2,3-8H3,(H2,39,40,48)/t25?,26-,27-,30+,32-,34+/m0/s1. The molecule has 1 aliphatic carbocycles. The van der Waals surface area contributed by atoms with E-state index < -0.39 is 41.0 Å². The van der Waals surface area contributed by atoms with Crippen LogP contribution >= 0.6 is 0 Å². The van der Waals surface area contributed by atoms with Crippen LogP contribution in [0.1, 0.15) is 112 Å². The Morgan fingerprint density at radius 1 is 1.02 bits per heavy atom. The van der Waals surface area contributed by atoms with E-state index in [1.165, 1.54) is 0 Å². The third-order valence-corrected chi connectivity index (χ3v) is 10.4. The first-order valence-corrected chi connectivity index (χ1v) is 17.8. The number of terminal acetylenes is 1. The van der Waals surface area contributed by atoms with Gasteiger partial charge in [0.05, 0.1) is 12.1 Å². The quantitative estimate of drug-likeness (QED) is 0.146. The lowest BCUT2D eigenvalue weighted by Gasteiger charge is -2.39. The highest BCUT2D eigenvalue weighted by atomic mass is 16.2. The second kappa shape index (κ2) is 16.8. The number of likely N-dealkylation sites (tertiary alicyclic amines) is 2. The number of piperidine rings is 1. The van der Waals surface area contributed by atoms with E-state index >= 15 is 0 Å². The fraction of sp³-hybridized carbons (Fsp3) is 0.737. The van der Waals surface area contributed by atoms with Crippen molar-refractivity contribution < 1.29 is 28.8 Å². The SMILES string of the molecule is C#CCCC(CC(=O)[C@@H]1[C@H]2CCC[C@H]2CN1C(=O)[C@@H](NC(=O)N[C@H](CN1CCCCC1=O)C(C)(C)C)C(C)(C)C)C(=O)C(=O)CCC=C. The van der Waals surface area contributed by atoms with Crippen molar-refractivity contribution in [1.29, 1.82) is 0 Å². The molecule has 6 atom stereocenters. The van der Waals surface area contributed by atoms with Crippen LogP contribution in [-0.4, -0.2) is 82.8 Å². The Bertz CT molecular complexity index is 1270. The van der Waals surface area contributed by atoms with Gasteiger partial charge in [-0.2, -0.15) is 0 Å². The van der Waals surface area contributed by atoms with Crippen LogP contribution in [0, 0.1) is 40.9 Å². The largest absolute Gasteiger partial charge is 0.341 e. The number of nitrogens with one attached hydrogen (secondary N) is 2. The molecule has 3 fully saturated rings. The first kappa shape index (κ1) is 39.0. The van der Waals surface area contributed by atoms with Crippen LogP contribution in [0.25, 0.3) is 0 Å². The third kappa shape index (κ3) is 10.0. The van der Waals surface area contributed by atoms with Crippen LogP contribution < -0.4 is 10.6 Å². The van der Waals surface area contributed by atoms with Gasteiger partial charge in [-0.1, -0.05) is 54.0 Å². The third-order valence-electron chi connectivity index (χ3n) is 10.4. The smallest absolute Gasteiger partial charge is 0.315 e. The van der Waals surface area contributed by atoms with E-state index in [2.05, 4.69) is 23.1 Å². The molecule has 2 saturated heterocycles. The molecule has 2 heterocycles. The molecule has 48 heavy (non-hydrogen) atoms. The second-order valence-corrected chi connectivity index (χ2v) is 16.1. The summed E-state index contributed by atoms with van der Waals surface area (Å²) in [6.45, 7) is 16.7. The molecule has 10 nitrogen and oxygen atoms in total. The summed E-state index contributed by atoms with van der Waals surface area (Å²) in [7, 11) is 0. The van der Waals surface area contributed by atoms with Crippen molar-refractivity contribution in [3.63, 3.8) is 0 Å². The van der Waals surface area contributed by atoms with Crippen molar-refractivity contribution >= 4 is 35.2 Å². The van der Waals surface area contributed by atoms with E-state index in [0.29, 0.717) is 32.5 Å². The van der Waals surface area contributed by atoms with Gasteiger partial charge < -0.3 is 20.4 Å². The number of hydrogen-bond acceptors (Lipinski definition) is 6. The van der Waals surface area contributed by atoms with Gasteiger partial charge in [0, 0.05) is 51.2 Å². The van der Waals surface area contributed by atoms with E-state index in [-0.39, 0.29) is 66.6 Å². The average molecular weight is 667 g/mol. The minimum absolute atomic E-state index is 0.0349. The molecule has 0 radical (unpaired) electrons. The Morgan fingerprint density at radius 2 is 1.73 bits per heavy atom. The number of rotatable bonds is 15. The molecule has 3 rings (SSSR count). The second-order valence-electron chi connectivity index (χ2n) is 16.1. The molecule has 10 heteroatoms. The van der Waals surface area contributed by atoms with Crippen LogP contribution in [0.15, 0.2) is 12.7 Å². The molecule has 0 aromatic carbocycles. The highest BCUT2D eigenvalue weighted by Gasteiger charge is 2.52. The summed E-state index contributed by atoms with van der Waals surface area (Å²) in [5.74, 6) is 0.172. The lowest BCUT2D eigenvalue weighted by molar-refractivity contribution is -0.144. The Hall–Kier alpha value is -3.48. The van der Waals surface area contributed by atoms with Gasteiger partial charge in [0.2, 0.25) is 17.6 Å². The summed E-state index contributed by atoms with van der Waals surface area (Å²) < 4.78 is 0. The number of hydrogen-bond donors (Lipinski definition) is 2. The maximum Gasteiger partial charge on any atom is 0.315 e. The maximum atomic E-state index is 14.5. The predicted octanol–water partition coefficient (Wildman–Crippen LogP) is 4.85. The molecule has 2 aliphatic heterocycles. The number of carbonyl (C=O) groups is 6. The van der Waals surface area contributed by atoms with Crippen LogP contribution in [0.4, 0.5) is 4.79 Å². The van der Waals surface area contributed by atoms with Crippen molar-refractivity contribution in [1.82, 2.24) is 20.4 Å². The van der Waals surface area contributed by atoms with Crippen molar-refractivity contribution in [3.05, 3.63) is 12.7 Å². The monoisotopic (exact) mass is 666 g/mol. The molecule has 2 N–H and O–H groups in total. The van der Waals surface area contributed by atoms with Crippen molar-refractivity contribution in [3.8, 4) is 12.3 Å². The van der Waals surface area contributed by atoms with Gasteiger partial charge in [-0.25, -0.2) is 4.79 Å². The van der Waals surface area contributed by atoms with Crippen LogP contribution in [0.2, 0.25) is 0 Å². The lowest BCUT2D eigenvalue weighted by Crippen LogP contribution is -2.61. The summed E-state index contributed by atoms with van der Waals surface area (Å²) in [6, 6.07) is -2.55. The van der Waals surface area contributed by atoms with Crippen LogP contribution in [-0.2, 0) is 24.0 Å². The normalized spacial score (nSPS) is 23.0. The Morgan fingerprint density at radius 3 is 2.33 bits per heavy atom. The number of allylic oxidation sites excluding steroid dienone is 1. The van der Waals surface area contributed by atoms with Gasteiger partial charge in [-0.05, 0) is 61.2 Å². The number of Topliss-reactive ketones (excluding diaryl/α,β-unsaturated/α-hetero) is 3. The molecular formula is C38H58N4O6. The summed E-state index contributed by atoms with van der Waals surface area (Å²) >= 11 is 0. The molecule has 0 aromatic rings. The summed E-state index contributed by atoms with van der Waals surface area (Å²) in [6.07, 6.45) is 12.7. The Labute approximate surface area is 287 Å². The van der Waals surface area contributed by atoms with E-state index in [0.717, 1.165) is 32.1 Å². The number of ketones is 3. The Kier molecular flexibility index (Phi) is 13.6. The summed E-state index contributed by atoms with van der Waals surface area (Å²) in [5.41, 5.74) is -1.05. The molecule has 266 valence electrons. The summed E-state index contributed by atoms with van der Waals surface area (Å²) in [5, 5.41) is 6.00. The number of amides is 4. The minimum Gasteiger partial charge on any atom is -0.341 e. The zero-order valence-electron chi connectivity index (χ0n) is 30.1. The molecule has 3 aliphatic rings. The first-order chi connectivity index (χ1) is 22.5. The zero-order valence-corrected chi connectivity index (χ0v) is 30.1. The van der Waals surface area contributed by atoms with Crippen LogP contribution in [0.5, 0.6) is 0 Å². The molecule has 1 saturated carbocycles. The molecule has 4 amide bonds. The van der Waals surface area contributed by atoms with Gasteiger partial charge in [-0.15, -0.1) is 18.9 Å². The van der Waals surface area contributed by atoms with Gasteiger partial charge in [-0.3, -0.25) is 24.0 Å². The fourth-order valence-corrected chi connectivity index (χ4v) is 7.43. The molecule has 0 bridgehead atoms. The zero-order chi connectivity index (χ0) is 35.8. The highest BCUT2D eigenvalue weighted by molar-refractivity contribution is 6.38. The predicted molar refractivity (Wildman–Crippen MR) is 186 cm³/mol. The van der Waals surface area contributed by atoms with Crippen molar-refractivity contribution in [2.75, 3.05) is 19.6 Å². The number of urea groups is 1. The average Bonchev–Trinajstić information content (AvgIpc) is 3.61. The topological polar surface area (TPSA) is 133 Å². The summed E-state index contributed by atoms with van der Waals surface area (Å²) in [4.78, 5) is 84.0. The van der Waals surface area contributed by atoms with Crippen molar-refractivity contribution in [2.45, 2.75) is 130 Å². The maximum absolute atomic E-state index is 14.5. The van der Waals surface area contributed by atoms with E-state index in [4.69, 9.17) is 6.42 Å². The van der Waals surface area contributed by atoms with E-state index in [1.54, 1.807) is 15.9 Å². The van der Waals surface area contributed by atoms with Gasteiger partial charge >= 0.3 is 6.03 Å². The van der Waals surface area contributed by atoms with Gasteiger partial charge in [0.1, 0.15) is 6.04 Å². The van der Waals surface area contributed by atoms with Gasteiger partial charge in [0.25, 0.3) is 0 Å². The fourth-order valence-electron chi connectivity index (χ4n) is 7.43. The van der Waals surface area contributed by atoms with Crippen LogP contribution in [0.3, 0.4) is 0 Å². The number of fused-ring (bicyclic) bond motifs is 1. The molecule has 0 spiro atoms. The van der Waals surface area contributed by atoms with Crippen molar-refractivity contribution in [2.24, 2.45) is 28.6 Å². The van der Waals surface area contributed by atoms with E-state index in [1.807, 2.05) is 41.5 Å². The molecule has 1 unspecified atom stereocenters. The number of nitrogens with zero attached hydrogens (tertiary/aromatic N) is 2. The molecule has 0 aromatic heterocycles. The van der Waals surface area contributed by atoms with Gasteiger partial charge in [0.15, 0.2) is 11.6 Å². The highest BCUT2D eigenvalue weighted by Crippen LogP contribution is 2.44. The lowest BCUT2D eigenvalue weighted by atomic mass is 9.83.